The van der Waals surface area contributed by atoms with Crippen LogP contribution in [0, 0.1) is 13.8 Å². The lowest BCUT2D eigenvalue weighted by Crippen LogP contribution is -2.40. The van der Waals surface area contributed by atoms with Crippen molar-refractivity contribution in [1.82, 2.24) is 10.2 Å². The summed E-state index contributed by atoms with van der Waals surface area (Å²) in [4.78, 5) is 16.9. The Morgan fingerprint density at radius 1 is 1.59 bits per heavy atom. The molecule has 0 bridgehead atoms. The van der Waals surface area contributed by atoms with Crippen molar-refractivity contribution >= 4 is 17.2 Å². The molecule has 2 heterocycles. The zero-order valence-corrected chi connectivity index (χ0v) is 11.6. The molecule has 1 aromatic heterocycles. The Labute approximate surface area is 107 Å². The van der Waals surface area contributed by atoms with Crippen molar-refractivity contribution in [3.8, 4) is 0 Å². The lowest BCUT2D eigenvalue weighted by molar-refractivity contribution is 0.0737. The molecule has 1 fully saturated rings. The summed E-state index contributed by atoms with van der Waals surface area (Å²) in [6.07, 6.45) is 2.25. The molecule has 4 heteroatoms. The van der Waals surface area contributed by atoms with Gasteiger partial charge in [-0.1, -0.05) is 0 Å². The highest BCUT2D eigenvalue weighted by Crippen LogP contribution is 2.25. The average Bonchev–Trinajstić information content (AvgIpc) is 2.85. The van der Waals surface area contributed by atoms with Gasteiger partial charge < -0.3 is 10.2 Å². The molecule has 1 saturated heterocycles. The third kappa shape index (κ3) is 2.53. The zero-order chi connectivity index (χ0) is 12.4. The molecule has 17 heavy (non-hydrogen) atoms. The molecule has 3 nitrogen and oxygen atoms in total. The van der Waals surface area contributed by atoms with Gasteiger partial charge in [0.25, 0.3) is 5.91 Å². The van der Waals surface area contributed by atoms with Crippen molar-refractivity contribution in [2.45, 2.75) is 32.7 Å². The second-order valence-electron chi connectivity index (χ2n) is 4.68. The van der Waals surface area contributed by atoms with Gasteiger partial charge in [0.1, 0.15) is 0 Å². The van der Waals surface area contributed by atoms with Crippen molar-refractivity contribution < 1.29 is 4.79 Å². The van der Waals surface area contributed by atoms with E-state index < -0.39 is 0 Å². The molecule has 0 aromatic carbocycles. The average molecular weight is 252 g/mol. The number of carbonyl (C=O) groups is 1. The standard InChI is InChI=1S/C13H20N2OS/c1-9-7-12(10(2)17-9)13(16)15-6-4-5-11(15)8-14-3/h7,11,14H,4-6,8H2,1-3H3/t11-/m1/s1. The Morgan fingerprint density at radius 2 is 2.35 bits per heavy atom. The molecule has 1 aromatic rings. The van der Waals surface area contributed by atoms with Gasteiger partial charge in [0.2, 0.25) is 0 Å². The molecule has 1 N–H and O–H groups in total. The topological polar surface area (TPSA) is 32.3 Å². The van der Waals surface area contributed by atoms with Crippen LogP contribution in [0.2, 0.25) is 0 Å². The summed E-state index contributed by atoms with van der Waals surface area (Å²) in [5, 5.41) is 3.17. The van der Waals surface area contributed by atoms with Gasteiger partial charge >= 0.3 is 0 Å². The number of hydrogen-bond donors (Lipinski definition) is 1. The Kier molecular flexibility index (Phi) is 3.84. The molecule has 0 aliphatic carbocycles. The zero-order valence-electron chi connectivity index (χ0n) is 10.7. The van der Waals surface area contributed by atoms with Crippen molar-refractivity contribution in [1.29, 1.82) is 0 Å². The van der Waals surface area contributed by atoms with Crippen LogP contribution in [0.4, 0.5) is 0 Å². The predicted octanol–water partition coefficient (Wildman–Crippen LogP) is 2.19. The van der Waals surface area contributed by atoms with E-state index in [9.17, 15) is 4.79 Å². The molecule has 1 aliphatic rings. The fraction of sp³-hybridized carbons (Fsp3) is 0.615. The number of likely N-dealkylation sites (tertiary alicyclic amines) is 1. The van der Waals surface area contributed by atoms with Crippen LogP contribution in [-0.2, 0) is 0 Å². The highest BCUT2D eigenvalue weighted by molar-refractivity contribution is 7.12. The first-order valence-electron chi connectivity index (χ1n) is 6.16. The highest BCUT2D eigenvalue weighted by atomic mass is 32.1. The van der Waals surface area contributed by atoms with E-state index in [1.54, 1.807) is 11.3 Å². The Hall–Kier alpha value is -0.870. The van der Waals surface area contributed by atoms with E-state index in [1.165, 1.54) is 4.88 Å². The van der Waals surface area contributed by atoms with Crippen molar-refractivity contribution in [3.05, 3.63) is 21.4 Å². The van der Waals surface area contributed by atoms with Gasteiger partial charge in [0, 0.05) is 28.9 Å². The second kappa shape index (κ2) is 5.19. The number of nitrogens with one attached hydrogen (secondary N) is 1. The molecular formula is C13H20N2OS. The first-order chi connectivity index (χ1) is 8.13. The third-order valence-corrected chi connectivity index (χ3v) is 4.32. The first kappa shape index (κ1) is 12.6. The minimum absolute atomic E-state index is 0.213. The fourth-order valence-corrected chi connectivity index (χ4v) is 3.46. The van der Waals surface area contributed by atoms with Gasteiger partial charge in [-0.05, 0) is 39.8 Å². The summed E-state index contributed by atoms with van der Waals surface area (Å²) in [7, 11) is 1.95. The van der Waals surface area contributed by atoms with Gasteiger partial charge in [-0.25, -0.2) is 0 Å². The molecule has 0 radical (unpaired) electrons. The summed E-state index contributed by atoms with van der Waals surface area (Å²) in [5.74, 6) is 0.213. The van der Waals surface area contributed by atoms with E-state index in [2.05, 4.69) is 12.2 Å². The number of rotatable bonds is 3. The summed E-state index contributed by atoms with van der Waals surface area (Å²) in [6.45, 7) is 5.89. The van der Waals surface area contributed by atoms with Crippen LogP contribution in [0.25, 0.3) is 0 Å². The first-order valence-corrected chi connectivity index (χ1v) is 6.97. The normalized spacial score (nSPS) is 19.9. The van der Waals surface area contributed by atoms with E-state index in [0.29, 0.717) is 6.04 Å². The second-order valence-corrected chi connectivity index (χ2v) is 6.14. The van der Waals surface area contributed by atoms with Gasteiger partial charge in [0.05, 0.1) is 5.56 Å². The number of hydrogen-bond acceptors (Lipinski definition) is 3. The van der Waals surface area contributed by atoms with Gasteiger partial charge in [0.15, 0.2) is 0 Å². The molecule has 0 saturated carbocycles. The predicted molar refractivity (Wildman–Crippen MR) is 71.8 cm³/mol. The van der Waals surface area contributed by atoms with Crippen LogP contribution in [0.3, 0.4) is 0 Å². The van der Waals surface area contributed by atoms with E-state index in [4.69, 9.17) is 0 Å². The maximum absolute atomic E-state index is 12.5. The van der Waals surface area contributed by atoms with Crippen molar-refractivity contribution in [3.63, 3.8) is 0 Å². The smallest absolute Gasteiger partial charge is 0.255 e. The lowest BCUT2D eigenvalue weighted by atomic mass is 10.2. The number of carbonyl (C=O) groups excluding carboxylic acids is 1. The van der Waals surface area contributed by atoms with Gasteiger partial charge in [-0.2, -0.15) is 0 Å². The molecule has 94 valence electrons. The van der Waals surface area contributed by atoms with E-state index in [1.807, 2.05) is 24.9 Å². The summed E-state index contributed by atoms with van der Waals surface area (Å²) >= 11 is 1.71. The van der Waals surface area contributed by atoms with E-state index >= 15 is 0 Å². The molecule has 0 unspecified atom stereocenters. The van der Waals surface area contributed by atoms with Crippen LogP contribution < -0.4 is 5.32 Å². The minimum Gasteiger partial charge on any atom is -0.334 e. The van der Waals surface area contributed by atoms with Crippen LogP contribution in [0.5, 0.6) is 0 Å². The highest BCUT2D eigenvalue weighted by Gasteiger charge is 2.29. The molecule has 1 amide bonds. The molecule has 1 aliphatic heterocycles. The monoisotopic (exact) mass is 252 g/mol. The number of nitrogens with zero attached hydrogens (tertiary/aromatic N) is 1. The summed E-state index contributed by atoms with van der Waals surface area (Å²) in [5.41, 5.74) is 0.899. The quantitative estimate of drug-likeness (QED) is 0.894. The Bertz CT molecular complexity index is 414. The molecule has 2 rings (SSSR count). The van der Waals surface area contributed by atoms with Crippen LogP contribution >= 0.6 is 11.3 Å². The number of likely N-dealkylation sites (N-methyl/N-ethyl adjacent to an activating group) is 1. The van der Waals surface area contributed by atoms with Crippen LogP contribution in [-0.4, -0.2) is 37.0 Å². The van der Waals surface area contributed by atoms with Crippen LogP contribution in [0.1, 0.15) is 33.0 Å². The maximum Gasteiger partial charge on any atom is 0.255 e. The fourth-order valence-electron chi connectivity index (χ4n) is 2.55. The Balaban J connectivity index is 2.16. The van der Waals surface area contributed by atoms with Crippen LogP contribution in [0.15, 0.2) is 6.07 Å². The van der Waals surface area contributed by atoms with E-state index in [0.717, 1.165) is 36.4 Å². The largest absolute Gasteiger partial charge is 0.334 e. The Morgan fingerprint density at radius 3 is 2.94 bits per heavy atom. The van der Waals surface area contributed by atoms with Gasteiger partial charge in [-0.3, -0.25) is 4.79 Å². The minimum atomic E-state index is 0.213. The van der Waals surface area contributed by atoms with Gasteiger partial charge in [-0.15, -0.1) is 11.3 Å². The SMILES string of the molecule is CNC[C@H]1CCCN1C(=O)c1cc(C)sc1C. The number of aryl methyl sites for hydroxylation is 2. The molecule has 1 atom stereocenters. The number of amides is 1. The molecular weight excluding hydrogens is 232 g/mol. The van der Waals surface area contributed by atoms with Crippen molar-refractivity contribution in [2.24, 2.45) is 0 Å². The lowest BCUT2D eigenvalue weighted by Gasteiger charge is -2.24. The third-order valence-electron chi connectivity index (χ3n) is 3.35. The summed E-state index contributed by atoms with van der Waals surface area (Å²) in [6, 6.07) is 2.39. The van der Waals surface area contributed by atoms with E-state index in [-0.39, 0.29) is 5.91 Å². The molecule has 0 spiro atoms. The van der Waals surface area contributed by atoms with Crippen molar-refractivity contribution in [2.75, 3.05) is 20.1 Å². The number of thiophene rings is 1. The maximum atomic E-state index is 12.5. The summed E-state index contributed by atoms with van der Waals surface area (Å²) < 4.78 is 0.